The van der Waals surface area contributed by atoms with E-state index < -0.39 is 5.60 Å². The molecule has 2 saturated heterocycles. The van der Waals surface area contributed by atoms with Gasteiger partial charge < -0.3 is 9.47 Å². The normalized spacial score (nSPS) is 49.9. The van der Waals surface area contributed by atoms with Gasteiger partial charge in [-0.15, -0.1) is 0 Å². The minimum absolute atomic E-state index is 0.0146. The Balaban J connectivity index is 1.76. The van der Waals surface area contributed by atoms with Gasteiger partial charge in [-0.2, -0.15) is 0 Å². The van der Waals surface area contributed by atoms with Gasteiger partial charge in [-0.05, 0) is 31.6 Å². The van der Waals surface area contributed by atoms with Gasteiger partial charge in [0, 0.05) is 11.8 Å². The van der Waals surface area contributed by atoms with Gasteiger partial charge >= 0.3 is 5.97 Å². The Bertz CT molecular complexity index is 460. The van der Waals surface area contributed by atoms with Crippen molar-refractivity contribution in [3.05, 3.63) is 24.3 Å². The summed E-state index contributed by atoms with van der Waals surface area (Å²) >= 11 is 0. The van der Waals surface area contributed by atoms with Crippen LogP contribution in [0.2, 0.25) is 0 Å². The molecule has 4 aliphatic rings. The topological polar surface area (TPSA) is 38.8 Å². The fourth-order valence-corrected chi connectivity index (χ4v) is 4.27. The molecule has 2 aliphatic carbocycles. The summed E-state index contributed by atoms with van der Waals surface area (Å²) in [5, 5.41) is 0. The molecule has 0 bridgehead atoms. The fourth-order valence-electron chi connectivity index (χ4n) is 4.27. The molecule has 2 saturated carbocycles. The van der Waals surface area contributed by atoms with E-state index >= 15 is 0 Å². The number of hydrogen-bond acceptors (Lipinski definition) is 3. The van der Waals surface area contributed by atoms with Crippen molar-refractivity contribution in [2.75, 3.05) is 6.61 Å². The van der Waals surface area contributed by atoms with E-state index in [1.54, 1.807) is 0 Å². The molecule has 5 unspecified atom stereocenters. The fraction of sp³-hybridized carbons (Fsp3) is 0.667. The van der Waals surface area contributed by atoms with Crippen molar-refractivity contribution in [1.29, 1.82) is 0 Å². The predicted octanol–water partition coefficient (Wildman–Crippen LogP) is 2.23. The molecule has 18 heavy (non-hydrogen) atoms. The van der Waals surface area contributed by atoms with Gasteiger partial charge in [0.15, 0.2) is 5.60 Å². The van der Waals surface area contributed by atoms with Crippen LogP contribution in [-0.2, 0) is 14.3 Å². The molecule has 4 rings (SSSR count). The lowest BCUT2D eigenvalue weighted by Gasteiger charge is -2.26. The Labute approximate surface area is 107 Å². The molecule has 0 N–H and O–H groups in total. The number of epoxide rings is 1. The van der Waals surface area contributed by atoms with Crippen molar-refractivity contribution in [1.82, 2.24) is 0 Å². The van der Waals surface area contributed by atoms with E-state index in [1.807, 2.05) is 0 Å². The van der Waals surface area contributed by atoms with Crippen molar-refractivity contribution in [2.24, 2.45) is 17.8 Å². The molecule has 4 fully saturated rings. The second kappa shape index (κ2) is 3.27. The Morgan fingerprint density at radius 2 is 1.89 bits per heavy atom. The second-order valence-corrected chi connectivity index (χ2v) is 6.18. The van der Waals surface area contributed by atoms with Crippen LogP contribution in [0.3, 0.4) is 0 Å². The van der Waals surface area contributed by atoms with Crippen molar-refractivity contribution in [2.45, 2.75) is 37.4 Å². The minimum Gasteiger partial charge on any atom is -0.459 e. The van der Waals surface area contributed by atoms with Crippen LogP contribution in [0.5, 0.6) is 0 Å². The van der Waals surface area contributed by atoms with Gasteiger partial charge in [-0.25, -0.2) is 4.79 Å². The number of rotatable bonds is 0. The molecule has 0 amide bonds. The number of ether oxygens (including phenoxy) is 2. The summed E-state index contributed by atoms with van der Waals surface area (Å²) in [4.78, 5) is 12.0. The SMILES string of the molecule is C=C1CCC2C(OC(=O)C23CO3)C2C(=C)CCC12. The Kier molecular flexibility index (Phi) is 1.96. The van der Waals surface area contributed by atoms with E-state index in [-0.39, 0.29) is 23.9 Å². The highest BCUT2D eigenvalue weighted by Crippen LogP contribution is 2.57. The summed E-state index contributed by atoms with van der Waals surface area (Å²) in [6, 6.07) is 0. The van der Waals surface area contributed by atoms with E-state index in [0.717, 1.165) is 25.7 Å². The number of esters is 1. The van der Waals surface area contributed by atoms with Crippen LogP contribution in [0.1, 0.15) is 25.7 Å². The zero-order valence-corrected chi connectivity index (χ0v) is 10.5. The zero-order chi connectivity index (χ0) is 12.5. The molecule has 2 heterocycles. The summed E-state index contributed by atoms with van der Waals surface area (Å²) < 4.78 is 11.2. The Morgan fingerprint density at radius 3 is 2.61 bits per heavy atom. The average molecular weight is 246 g/mol. The zero-order valence-electron chi connectivity index (χ0n) is 10.5. The minimum atomic E-state index is -0.595. The van der Waals surface area contributed by atoms with Crippen LogP contribution in [0, 0.1) is 17.8 Å². The van der Waals surface area contributed by atoms with Gasteiger partial charge in [0.05, 0.1) is 6.61 Å². The molecule has 0 aromatic rings. The van der Waals surface area contributed by atoms with E-state index in [9.17, 15) is 4.79 Å². The smallest absolute Gasteiger partial charge is 0.341 e. The number of allylic oxidation sites excluding steroid dienone is 1. The monoisotopic (exact) mass is 246 g/mol. The summed E-state index contributed by atoms with van der Waals surface area (Å²) in [5.41, 5.74) is 1.96. The molecular weight excluding hydrogens is 228 g/mol. The number of hydrogen-bond donors (Lipinski definition) is 0. The third-order valence-corrected chi connectivity index (χ3v) is 5.38. The third kappa shape index (κ3) is 1.16. The molecule has 5 atom stereocenters. The first kappa shape index (κ1) is 10.8. The second-order valence-electron chi connectivity index (χ2n) is 6.18. The molecule has 0 aromatic heterocycles. The van der Waals surface area contributed by atoms with E-state index in [2.05, 4.69) is 13.2 Å². The summed E-state index contributed by atoms with van der Waals surface area (Å²) in [7, 11) is 0. The standard InChI is InChI=1S/C15H18O3/c1-8-4-6-11-13(12-9(2)3-5-10(8)12)18-14(16)15(11)7-17-15/h10-13H,1-7H2. The molecule has 3 heteroatoms. The lowest BCUT2D eigenvalue weighted by molar-refractivity contribution is -0.146. The summed E-state index contributed by atoms with van der Waals surface area (Å²) in [6.45, 7) is 8.98. The molecule has 1 spiro atoms. The van der Waals surface area contributed by atoms with Crippen molar-refractivity contribution in [3.8, 4) is 0 Å². The molecular formula is C15H18O3. The van der Waals surface area contributed by atoms with Crippen LogP contribution in [0.25, 0.3) is 0 Å². The maximum Gasteiger partial charge on any atom is 0.341 e. The molecule has 0 radical (unpaired) electrons. The van der Waals surface area contributed by atoms with Crippen molar-refractivity contribution < 1.29 is 14.3 Å². The highest BCUT2D eigenvalue weighted by Gasteiger charge is 2.69. The lowest BCUT2D eigenvalue weighted by atomic mass is 9.80. The molecule has 2 aliphatic heterocycles. The van der Waals surface area contributed by atoms with Crippen LogP contribution < -0.4 is 0 Å². The molecule has 3 nitrogen and oxygen atoms in total. The first-order valence-corrected chi connectivity index (χ1v) is 6.84. The Morgan fingerprint density at radius 1 is 1.17 bits per heavy atom. The van der Waals surface area contributed by atoms with Gasteiger partial charge in [0.2, 0.25) is 0 Å². The summed E-state index contributed by atoms with van der Waals surface area (Å²) in [6.07, 6.45) is 4.12. The number of carbonyl (C=O) groups is 1. The first-order valence-electron chi connectivity index (χ1n) is 6.84. The van der Waals surface area contributed by atoms with Crippen molar-refractivity contribution in [3.63, 3.8) is 0 Å². The van der Waals surface area contributed by atoms with Crippen LogP contribution >= 0.6 is 0 Å². The van der Waals surface area contributed by atoms with E-state index in [1.165, 1.54) is 11.1 Å². The van der Waals surface area contributed by atoms with Gasteiger partial charge in [-0.1, -0.05) is 24.3 Å². The van der Waals surface area contributed by atoms with Crippen molar-refractivity contribution >= 4 is 5.97 Å². The third-order valence-electron chi connectivity index (χ3n) is 5.38. The summed E-state index contributed by atoms with van der Waals surface area (Å²) in [5.74, 6) is 0.835. The van der Waals surface area contributed by atoms with E-state index in [0.29, 0.717) is 12.5 Å². The highest BCUT2D eigenvalue weighted by atomic mass is 16.7. The number of carbonyl (C=O) groups excluding carboxylic acids is 1. The molecule has 96 valence electrons. The highest BCUT2D eigenvalue weighted by molar-refractivity contribution is 5.85. The average Bonchev–Trinajstić information content (AvgIpc) is 3.00. The quantitative estimate of drug-likeness (QED) is 0.374. The predicted molar refractivity (Wildman–Crippen MR) is 65.8 cm³/mol. The molecule has 0 aromatic carbocycles. The van der Waals surface area contributed by atoms with Crippen LogP contribution in [0.15, 0.2) is 24.3 Å². The van der Waals surface area contributed by atoms with Crippen LogP contribution in [-0.4, -0.2) is 24.3 Å². The van der Waals surface area contributed by atoms with Gasteiger partial charge in [0.1, 0.15) is 6.10 Å². The largest absolute Gasteiger partial charge is 0.459 e. The van der Waals surface area contributed by atoms with Gasteiger partial charge in [0.25, 0.3) is 0 Å². The maximum absolute atomic E-state index is 12.0. The first-order chi connectivity index (χ1) is 8.63. The van der Waals surface area contributed by atoms with Crippen LogP contribution in [0.4, 0.5) is 0 Å². The lowest BCUT2D eigenvalue weighted by Crippen LogP contribution is -2.32. The van der Waals surface area contributed by atoms with E-state index in [4.69, 9.17) is 9.47 Å². The Hall–Kier alpha value is -1.09. The number of fused-ring (bicyclic) bond motifs is 4. The maximum atomic E-state index is 12.0. The van der Waals surface area contributed by atoms with Gasteiger partial charge in [-0.3, -0.25) is 0 Å².